The molecule has 0 fully saturated rings. The first-order chi connectivity index (χ1) is 14.5. The van der Waals surface area contributed by atoms with Gasteiger partial charge in [0.25, 0.3) is 5.56 Å². The van der Waals surface area contributed by atoms with Crippen LogP contribution in [0.3, 0.4) is 0 Å². The van der Waals surface area contributed by atoms with Crippen molar-refractivity contribution in [2.75, 3.05) is 7.11 Å². The van der Waals surface area contributed by atoms with Crippen LogP contribution in [0.4, 0.5) is 0 Å². The molecule has 4 rings (SSSR count). The maximum atomic E-state index is 13.3. The molecule has 4 aromatic rings. The second-order valence-corrected chi connectivity index (χ2v) is 8.12. The van der Waals surface area contributed by atoms with Crippen LogP contribution in [0.15, 0.2) is 69.0 Å². The molecule has 0 aliphatic carbocycles. The SMILES string of the molecule is CC[C@H](C)c1nc2ccc(Br)cc2c(=O)n1N=Cc1c(OC)ccc2ccccc12. The van der Waals surface area contributed by atoms with Gasteiger partial charge in [-0.1, -0.05) is 60.1 Å². The first kappa shape index (κ1) is 20.3. The Bertz CT molecular complexity index is 1330. The van der Waals surface area contributed by atoms with Crippen molar-refractivity contribution in [1.29, 1.82) is 0 Å². The molecule has 5 nitrogen and oxygen atoms in total. The maximum Gasteiger partial charge on any atom is 0.282 e. The molecule has 1 aromatic heterocycles. The zero-order valence-corrected chi connectivity index (χ0v) is 18.7. The number of benzene rings is 3. The Balaban J connectivity index is 1.96. The fourth-order valence-electron chi connectivity index (χ4n) is 3.48. The molecule has 152 valence electrons. The first-order valence-electron chi connectivity index (χ1n) is 9.85. The van der Waals surface area contributed by atoms with Gasteiger partial charge in [0.15, 0.2) is 0 Å². The fourth-order valence-corrected chi connectivity index (χ4v) is 3.84. The molecule has 0 aliphatic heterocycles. The van der Waals surface area contributed by atoms with E-state index in [9.17, 15) is 4.79 Å². The Kier molecular flexibility index (Phi) is 5.68. The van der Waals surface area contributed by atoms with Gasteiger partial charge in [0, 0.05) is 16.0 Å². The summed E-state index contributed by atoms with van der Waals surface area (Å²) in [5, 5.41) is 7.22. The van der Waals surface area contributed by atoms with Gasteiger partial charge in [-0.05, 0) is 41.5 Å². The predicted molar refractivity (Wildman–Crippen MR) is 126 cm³/mol. The molecule has 0 saturated carbocycles. The van der Waals surface area contributed by atoms with E-state index in [0.717, 1.165) is 27.2 Å². The molecule has 0 saturated heterocycles. The standard InChI is InChI=1S/C24H22BrN3O2/c1-4-15(2)23-27-21-11-10-17(25)13-19(21)24(29)28(23)26-14-20-18-8-6-5-7-16(18)9-12-22(20)30-3/h5-15H,4H2,1-3H3/t15-/m0/s1. The Morgan fingerprint density at radius 3 is 2.73 bits per heavy atom. The monoisotopic (exact) mass is 463 g/mol. The molecule has 0 spiro atoms. The lowest BCUT2D eigenvalue weighted by Crippen LogP contribution is -2.23. The van der Waals surface area contributed by atoms with E-state index < -0.39 is 0 Å². The van der Waals surface area contributed by atoms with Crippen LogP contribution in [0.1, 0.15) is 37.6 Å². The van der Waals surface area contributed by atoms with Crippen LogP contribution >= 0.6 is 15.9 Å². The van der Waals surface area contributed by atoms with E-state index >= 15 is 0 Å². The molecule has 3 aromatic carbocycles. The number of aromatic nitrogens is 2. The van der Waals surface area contributed by atoms with Crippen molar-refractivity contribution < 1.29 is 4.74 Å². The highest BCUT2D eigenvalue weighted by Crippen LogP contribution is 2.27. The third-order valence-corrected chi connectivity index (χ3v) is 5.83. The molecule has 0 N–H and O–H groups in total. The highest BCUT2D eigenvalue weighted by Gasteiger charge is 2.16. The minimum absolute atomic E-state index is 0.0808. The van der Waals surface area contributed by atoms with Crippen LogP contribution < -0.4 is 10.3 Å². The Morgan fingerprint density at radius 1 is 1.17 bits per heavy atom. The summed E-state index contributed by atoms with van der Waals surface area (Å²) in [5.41, 5.74) is 1.31. The number of halogens is 1. The smallest absolute Gasteiger partial charge is 0.282 e. The normalized spacial score (nSPS) is 12.7. The van der Waals surface area contributed by atoms with E-state index in [1.54, 1.807) is 19.4 Å². The van der Waals surface area contributed by atoms with Crippen molar-refractivity contribution in [2.45, 2.75) is 26.2 Å². The number of methoxy groups -OCH3 is 1. The van der Waals surface area contributed by atoms with Gasteiger partial charge in [-0.2, -0.15) is 9.78 Å². The molecule has 0 unspecified atom stereocenters. The molecule has 30 heavy (non-hydrogen) atoms. The number of fused-ring (bicyclic) bond motifs is 2. The Labute approximate surface area is 183 Å². The minimum atomic E-state index is -0.188. The fraction of sp³-hybridized carbons (Fsp3) is 0.208. The van der Waals surface area contributed by atoms with Crippen molar-refractivity contribution >= 4 is 43.8 Å². The van der Waals surface area contributed by atoms with Crippen molar-refractivity contribution in [3.8, 4) is 5.75 Å². The number of hydrogen-bond acceptors (Lipinski definition) is 4. The third kappa shape index (κ3) is 3.63. The van der Waals surface area contributed by atoms with Gasteiger partial charge in [-0.3, -0.25) is 4.79 Å². The van der Waals surface area contributed by atoms with E-state index in [0.29, 0.717) is 22.5 Å². The van der Waals surface area contributed by atoms with E-state index in [1.165, 1.54) is 4.68 Å². The van der Waals surface area contributed by atoms with Crippen molar-refractivity contribution in [3.63, 3.8) is 0 Å². The van der Waals surface area contributed by atoms with Gasteiger partial charge in [0.2, 0.25) is 0 Å². The molecule has 0 amide bonds. The largest absolute Gasteiger partial charge is 0.496 e. The molecular weight excluding hydrogens is 442 g/mol. The van der Waals surface area contributed by atoms with Gasteiger partial charge in [0.05, 0.1) is 24.2 Å². The summed E-state index contributed by atoms with van der Waals surface area (Å²) in [5.74, 6) is 1.43. The summed E-state index contributed by atoms with van der Waals surface area (Å²) in [7, 11) is 1.63. The number of hydrogen-bond donors (Lipinski definition) is 0. The van der Waals surface area contributed by atoms with Crippen molar-refractivity contribution in [2.24, 2.45) is 5.10 Å². The summed E-state index contributed by atoms with van der Waals surface area (Å²) in [6.45, 7) is 4.13. The lowest BCUT2D eigenvalue weighted by atomic mass is 10.0. The molecule has 0 aliphatic rings. The van der Waals surface area contributed by atoms with Crippen LogP contribution in [0.5, 0.6) is 5.75 Å². The average molecular weight is 464 g/mol. The second kappa shape index (κ2) is 8.40. The predicted octanol–water partition coefficient (Wildman–Crippen LogP) is 5.72. The first-order valence-corrected chi connectivity index (χ1v) is 10.6. The van der Waals surface area contributed by atoms with E-state index in [4.69, 9.17) is 9.72 Å². The molecule has 1 atom stereocenters. The second-order valence-electron chi connectivity index (χ2n) is 7.20. The third-order valence-electron chi connectivity index (χ3n) is 5.34. The highest BCUT2D eigenvalue weighted by molar-refractivity contribution is 9.10. The van der Waals surface area contributed by atoms with Crippen LogP contribution in [0.25, 0.3) is 21.7 Å². The number of rotatable bonds is 5. The van der Waals surface area contributed by atoms with Crippen LogP contribution in [0.2, 0.25) is 0 Å². The average Bonchev–Trinajstić information content (AvgIpc) is 2.77. The van der Waals surface area contributed by atoms with E-state index in [1.807, 2.05) is 48.5 Å². The minimum Gasteiger partial charge on any atom is -0.496 e. The summed E-state index contributed by atoms with van der Waals surface area (Å²) < 4.78 is 7.81. The summed E-state index contributed by atoms with van der Waals surface area (Å²) >= 11 is 3.44. The summed E-state index contributed by atoms with van der Waals surface area (Å²) in [6.07, 6.45) is 2.54. The van der Waals surface area contributed by atoms with E-state index in [2.05, 4.69) is 34.9 Å². The molecule has 0 radical (unpaired) electrons. The summed E-state index contributed by atoms with van der Waals surface area (Å²) in [4.78, 5) is 18.1. The molecular formula is C24H22BrN3O2. The zero-order valence-electron chi connectivity index (χ0n) is 17.1. The Morgan fingerprint density at radius 2 is 1.97 bits per heavy atom. The van der Waals surface area contributed by atoms with Gasteiger partial charge in [-0.25, -0.2) is 4.98 Å². The number of ether oxygens (including phenoxy) is 1. The maximum absolute atomic E-state index is 13.3. The van der Waals surface area contributed by atoms with Gasteiger partial charge in [-0.15, -0.1) is 0 Å². The lowest BCUT2D eigenvalue weighted by molar-refractivity contribution is 0.415. The van der Waals surface area contributed by atoms with Crippen LogP contribution in [0, 0.1) is 0 Å². The quantitative estimate of drug-likeness (QED) is 0.355. The van der Waals surface area contributed by atoms with Crippen LogP contribution in [-0.2, 0) is 0 Å². The Hall–Kier alpha value is -2.99. The van der Waals surface area contributed by atoms with Gasteiger partial charge >= 0.3 is 0 Å². The molecule has 0 bridgehead atoms. The lowest BCUT2D eigenvalue weighted by Gasteiger charge is -2.14. The van der Waals surface area contributed by atoms with Gasteiger partial charge < -0.3 is 4.74 Å². The highest BCUT2D eigenvalue weighted by atomic mass is 79.9. The van der Waals surface area contributed by atoms with Crippen molar-refractivity contribution in [3.05, 3.63) is 80.8 Å². The topological polar surface area (TPSA) is 56.5 Å². The van der Waals surface area contributed by atoms with Crippen LogP contribution in [-0.4, -0.2) is 23.0 Å². The van der Waals surface area contributed by atoms with E-state index in [-0.39, 0.29) is 11.5 Å². The number of nitrogens with zero attached hydrogens (tertiary/aromatic N) is 3. The van der Waals surface area contributed by atoms with Gasteiger partial charge in [0.1, 0.15) is 11.6 Å². The molecule has 6 heteroatoms. The zero-order chi connectivity index (χ0) is 21.3. The summed E-state index contributed by atoms with van der Waals surface area (Å²) in [6, 6.07) is 17.5. The van der Waals surface area contributed by atoms with Crippen molar-refractivity contribution in [1.82, 2.24) is 9.66 Å². The molecule has 1 heterocycles.